The number of nitro benzene ring substituents is 1. The fraction of sp³-hybridized carbons (Fsp3) is 0.412. The molecule has 132 valence electrons. The molecule has 0 radical (unpaired) electrons. The van der Waals surface area contributed by atoms with Crippen LogP contribution < -0.4 is 0 Å². The van der Waals surface area contributed by atoms with Gasteiger partial charge in [-0.1, -0.05) is 17.8 Å². The van der Waals surface area contributed by atoms with Crippen molar-refractivity contribution in [3.63, 3.8) is 0 Å². The van der Waals surface area contributed by atoms with Crippen LogP contribution in [-0.4, -0.2) is 38.2 Å². The van der Waals surface area contributed by atoms with E-state index in [0.29, 0.717) is 12.4 Å². The lowest BCUT2D eigenvalue weighted by Crippen LogP contribution is -2.21. The van der Waals surface area contributed by atoms with Gasteiger partial charge in [-0.15, -0.1) is 16.8 Å². The summed E-state index contributed by atoms with van der Waals surface area (Å²) >= 11 is 1.63. The van der Waals surface area contributed by atoms with Crippen LogP contribution >= 0.6 is 11.8 Å². The molecule has 2 heterocycles. The molecule has 1 saturated heterocycles. The molecule has 1 atom stereocenters. The molecule has 8 heteroatoms. The Bertz CT molecular complexity index is 739. The SMILES string of the molecule is C=CCn1c(SC[C@@H]2CCCCO2)nnc1-c1ccc([N+](=O)[O-])cc1. The highest BCUT2D eigenvalue weighted by Crippen LogP contribution is 2.27. The van der Waals surface area contributed by atoms with E-state index in [0.717, 1.165) is 35.9 Å². The second-order valence-electron chi connectivity index (χ2n) is 5.81. The molecule has 1 aliphatic rings. The standard InChI is InChI=1S/C17H20N4O3S/c1-2-10-20-16(13-6-8-14(9-7-13)21(22)23)18-19-17(20)25-12-15-5-3-4-11-24-15/h2,6-9,15H,1,3-5,10-12H2/t15-/m0/s1. The normalized spacial score (nSPS) is 17.4. The molecule has 1 aromatic carbocycles. The average molecular weight is 360 g/mol. The van der Waals surface area contributed by atoms with E-state index < -0.39 is 4.92 Å². The number of allylic oxidation sites excluding steroid dienone is 1. The van der Waals surface area contributed by atoms with Crippen molar-refractivity contribution in [2.24, 2.45) is 0 Å². The van der Waals surface area contributed by atoms with Gasteiger partial charge in [0, 0.05) is 36.6 Å². The fourth-order valence-electron chi connectivity index (χ4n) is 2.74. The van der Waals surface area contributed by atoms with Crippen molar-refractivity contribution in [3.8, 4) is 11.4 Å². The van der Waals surface area contributed by atoms with Gasteiger partial charge in [0.2, 0.25) is 0 Å². The Morgan fingerprint density at radius 3 is 2.80 bits per heavy atom. The summed E-state index contributed by atoms with van der Waals surface area (Å²) in [7, 11) is 0. The van der Waals surface area contributed by atoms with Gasteiger partial charge in [0.25, 0.3) is 5.69 Å². The lowest BCUT2D eigenvalue weighted by atomic mass is 10.1. The second-order valence-corrected chi connectivity index (χ2v) is 6.80. The first kappa shape index (κ1) is 17.6. The maximum Gasteiger partial charge on any atom is 0.269 e. The van der Waals surface area contributed by atoms with E-state index in [1.165, 1.54) is 18.6 Å². The molecular weight excluding hydrogens is 340 g/mol. The van der Waals surface area contributed by atoms with E-state index in [1.54, 1.807) is 30.0 Å². The molecular formula is C17H20N4O3S. The Labute approximate surface area is 150 Å². The Kier molecular flexibility index (Phi) is 5.83. The van der Waals surface area contributed by atoms with Gasteiger partial charge in [0.05, 0.1) is 11.0 Å². The van der Waals surface area contributed by atoms with Crippen molar-refractivity contribution in [2.75, 3.05) is 12.4 Å². The molecule has 0 spiro atoms. The van der Waals surface area contributed by atoms with Crippen LogP contribution in [0.15, 0.2) is 42.1 Å². The molecule has 25 heavy (non-hydrogen) atoms. The first-order valence-corrected chi connectivity index (χ1v) is 9.21. The Hall–Kier alpha value is -2.19. The van der Waals surface area contributed by atoms with Crippen molar-refractivity contribution in [2.45, 2.75) is 37.1 Å². The zero-order chi connectivity index (χ0) is 17.6. The predicted molar refractivity (Wildman–Crippen MR) is 96.6 cm³/mol. The number of aromatic nitrogens is 3. The zero-order valence-corrected chi connectivity index (χ0v) is 14.7. The van der Waals surface area contributed by atoms with Crippen LogP contribution in [-0.2, 0) is 11.3 Å². The van der Waals surface area contributed by atoms with Crippen LogP contribution in [0.25, 0.3) is 11.4 Å². The first-order chi connectivity index (χ1) is 12.2. The van der Waals surface area contributed by atoms with Crippen molar-refractivity contribution >= 4 is 17.4 Å². The van der Waals surface area contributed by atoms with Gasteiger partial charge in [0.15, 0.2) is 11.0 Å². The summed E-state index contributed by atoms with van der Waals surface area (Å²) in [5, 5.41) is 20.2. The third kappa shape index (κ3) is 4.26. The molecule has 7 nitrogen and oxygen atoms in total. The molecule has 0 N–H and O–H groups in total. The van der Waals surface area contributed by atoms with E-state index in [-0.39, 0.29) is 11.8 Å². The third-order valence-corrected chi connectivity index (χ3v) is 5.14. The number of benzene rings is 1. The third-order valence-electron chi connectivity index (χ3n) is 4.04. The fourth-order valence-corrected chi connectivity index (χ4v) is 3.75. The van der Waals surface area contributed by atoms with Crippen LogP contribution in [0, 0.1) is 10.1 Å². The molecule has 0 bridgehead atoms. The van der Waals surface area contributed by atoms with Gasteiger partial charge in [-0.25, -0.2) is 0 Å². The van der Waals surface area contributed by atoms with Gasteiger partial charge < -0.3 is 4.74 Å². The Morgan fingerprint density at radius 1 is 1.36 bits per heavy atom. The van der Waals surface area contributed by atoms with E-state index in [4.69, 9.17) is 4.74 Å². The molecule has 3 rings (SSSR count). The minimum Gasteiger partial charge on any atom is -0.377 e. The number of nitro groups is 1. The number of rotatable bonds is 7. The minimum absolute atomic E-state index is 0.0579. The van der Waals surface area contributed by atoms with E-state index >= 15 is 0 Å². The highest BCUT2D eigenvalue weighted by Gasteiger charge is 2.18. The molecule has 0 unspecified atom stereocenters. The van der Waals surface area contributed by atoms with Crippen molar-refractivity contribution < 1.29 is 9.66 Å². The highest BCUT2D eigenvalue weighted by atomic mass is 32.2. The molecule has 2 aromatic rings. The maximum absolute atomic E-state index is 10.8. The summed E-state index contributed by atoms with van der Waals surface area (Å²) in [5.41, 5.74) is 0.850. The van der Waals surface area contributed by atoms with Crippen molar-refractivity contribution in [1.29, 1.82) is 0 Å². The predicted octanol–water partition coefficient (Wildman–Crippen LogP) is 3.70. The quantitative estimate of drug-likeness (QED) is 0.324. The maximum atomic E-state index is 10.8. The minimum atomic E-state index is -0.413. The zero-order valence-electron chi connectivity index (χ0n) is 13.8. The Morgan fingerprint density at radius 2 is 2.16 bits per heavy atom. The highest BCUT2D eigenvalue weighted by molar-refractivity contribution is 7.99. The van der Waals surface area contributed by atoms with Crippen LogP contribution in [0.3, 0.4) is 0 Å². The lowest BCUT2D eigenvalue weighted by molar-refractivity contribution is -0.384. The average Bonchev–Trinajstić information content (AvgIpc) is 3.04. The van der Waals surface area contributed by atoms with Gasteiger partial charge in [0.1, 0.15) is 0 Å². The van der Waals surface area contributed by atoms with E-state index in [2.05, 4.69) is 16.8 Å². The smallest absolute Gasteiger partial charge is 0.269 e. The van der Waals surface area contributed by atoms with Gasteiger partial charge >= 0.3 is 0 Å². The largest absolute Gasteiger partial charge is 0.377 e. The summed E-state index contributed by atoms with van der Waals surface area (Å²) in [6.07, 6.45) is 5.48. The summed E-state index contributed by atoms with van der Waals surface area (Å²) in [6, 6.07) is 6.34. The number of thioether (sulfide) groups is 1. The summed E-state index contributed by atoms with van der Waals surface area (Å²) in [5.74, 6) is 1.53. The van der Waals surface area contributed by atoms with Crippen LogP contribution in [0.2, 0.25) is 0 Å². The number of hydrogen-bond donors (Lipinski definition) is 0. The molecule has 0 aliphatic carbocycles. The first-order valence-electron chi connectivity index (χ1n) is 8.22. The van der Waals surface area contributed by atoms with Gasteiger partial charge in [-0.3, -0.25) is 14.7 Å². The van der Waals surface area contributed by atoms with Gasteiger partial charge in [-0.2, -0.15) is 0 Å². The molecule has 0 amide bonds. The van der Waals surface area contributed by atoms with Crippen LogP contribution in [0.4, 0.5) is 5.69 Å². The lowest BCUT2D eigenvalue weighted by Gasteiger charge is -2.21. The molecule has 1 fully saturated rings. The van der Waals surface area contributed by atoms with E-state index in [9.17, 15) is 10.1 Å². The van der Waals surface area contributed by atoms with Crippen LogP contribution in [0.1, 0.15) is 19.3 Å². The van der Waals surface area contributed by atoms with E-state index in [1.807, 2.05) is 4.57 Å². The van der Waals surface area contributed by atoms with Crippen molar-refractivity contribution in [1.82, 2.24) is 14.8 Å². The number of nitrogens with zero attached hydrogens (tertiary/aromatic N) is 4. The molecule has 1 aromatic heterocycles. The summed E-state index contributed by atoms with van der Waals surface area (Å²) in [4.78, 5) is 10.4. The number of hydrogen-bond acceptors (Lipinski definition) is 6. The summed E-state index contributed by atoms with van der Waals surface area (Å²) in [6.45, 7) is 5.21. The summed E-state index contributed by atoms with van der Waals surface area (Å²) < 4.78 is 7.74. The van der Waals surface area contributed by atoms with Gasteiger partial charge in [-0.05, 0) is 31.4 Å². The van der Waals surface area contributed by atoms with Crippen molar-refractivity contribution in [3.05, 3.63) is 47.0 Å². The van der Waals surface area contributed by atoms with Crippen LogP contribution in [0.5, 0.6) is 0 Å². The molecule has 0 saturated carbocycles. The Balaban J connectivity index is 1.78. The second kappa shape index (κ2) is 8.26. The number of ether oxygens (including phenoxy) is 1. The molecule has 1 aliphatic heterocycles. The number of non-ortho nitro benzene ring substituents is 1. The topological polar surface area (TPSA) is 83.1 Å². The monoisotopic (exact) mass is 360 g/mol.